The standard InChI is InChI=1S/C32H21F12O4P/c1-46-26-22(15-7-17(29(33,34)35)11-18(8-15)30(36,37)38)13-23(16-9-19(31(39,40)41)12-20(10-16)32(42,43)44)27(47-2)25(26)21-5-4-6-24-28(21)49(3,45)14-48-24/h4-13H,14H2,1-3H3/t49-/m0/s1. The zero-order valence-corrected chi connectivity index (χ0v) is 26.0. The zero-order chi connectivity index (χ0) is 36.5. The van der Waals surface area contributed by atoms with Crippen LogP contribution in [0.5, 0.6) is 17.2 Å². The molecule has 0 amide bonds. The number of hydrogen-bond donors (Lipinski definition) is 0. The Morgan fingerprint density at radius 3 is 1.33 bits per heavy atom. The van der Waals surface area contributed by atoms with Crippen LogP contribution in [0.4, 0.5) is 52.7 Å². The fraction of sp³-hybridized carbons (Fsp3) is 0.250. The van der Waals surface area contributed by atoms with Crippen LogP contribution >= 0.6 is 7.14 Å². The van der Waals surface area contributed by atoms with E-state index in [-0.39, 0.29) is 40.7 Å². The van der Waals surface area contributed by atoms with Gasteiger partial charge in [-0.25, -0.2) is 0 Å². The summed E-state index contributed by atoms with van der Waals surface area (Å²) in [7, 11) is -1.45. The summed E-state index contributed by atoms with van der Waals surface area (Å²) in [5, 5.41) is 0.0229. The van der Waals surface area contributed by atoms with Gasteiger partial charge in [-0.1, -0.05) is 12.1 Å². The van der Waals surface area contributed by atoms with E-state index in [2.05, 4.69) is 0 Å². The highest BCUT2D eigenvalue weighted by Gasteiger charge is 2.41. The number of alkyl halides is 12. The predicted octanol–water partition coefficient (Wildman–Crippen LogP) is 10.7. The van der Waals surface area contributed by atoms with Crippen molar-refractivity contribution in [1.82, 2.24) is 0 Å². The molecule has 0 fully saturated rings. The smallest absolute Gasteiger partial charge is 0.416 e. The Balaban J connectivity index is 2.02. The minimum Gasteiger partial charge on any atom is -0.495 e. The van der Waals surface area contributed by atoms with E-state index in [0.29, 0.717) is 24.3 Å². The Kier molecular flexibility index (Phi) is 8.75. The van der Waals surface area contributed by atoms with Crippen LogP contribution in [-0.4, -0.2) is 27.2 Å². The number of halogens is 12. The van der Waals surface area contributed by atoms with Crippen LogP contribution in [0, 0.1) is 0 Å². The maximum atomic E-state index is 13.9. The molecule has 262 valence electrons. The number of hydrogen-bond acceptors (Lipinski definition) is 4. The van der Waals surface area contributed by atoms with Gasteiger partial charge >= 0.3 is 24.7 Å². The lowest BCUT2D eigenvalue weighted by molar-refractivity contribution is -0.144. The highest BCUT2D eigenvalue weighted by Crippen LogP contribution is 2.57. The van der Waals surface area contributed by atoms with Gasteiger partial charge in [0.1, 0.15) is 23.6 Å². The third-order valence-electron chi connectivity index (χ3n) is 7.65. The molecular formula is C32H21F12O4P. The Bertz CT molecular complexity index is 1830. The van der Waals surface area contributed by atoms with Gasteiger partial charge in [0.2, 0.25) is 0 Å². The molecule has 0 saturated heterocycles. The Hall–Kier alpha value is -4.33. The third kappa shape index (κ3) is 6.79. The summed E-state index contributed by atoms with van der Waals surface area (Å²) >= 11 is 0. The van der Waals surface area contributed by atoms with Gasteiger partial charge in [-0.3, -0.25) is 0 Å². The van der Waals surface area contributed by atoms with E-state index >= 15 is 0 Å². The van der Waals surface area contributed by atoms with Gasteiger partial charge in [0.15, 0.2) is 7.14 Å². The monoisotopic (exact) mass is 728 g/mol. The molecule has 17 heteroatoms. The van der Waals surface area contributed by atoms with E-state index < -0.39 is 87.9 Å². The Morgan fingerprint density at radius 2 is 0.980 bits per heavy atom. The van der Waals surface area contributed by atoms with Gasteiger partial charge < -0.3 is 18.8 Å². The van der Waals surface area contributed by atoms with Crippen LogP contribution in [0.3, 0.4) is 0 Å². The van der Waals surface area contributed by atoms with Crippen molar-refractivity contribution in [1.29, 1.82) is 0 Å². The zero-order valence-electron chi connectivity index (χ0n) is 25.1. The van der Waals surface area contributed by atoms with Crippen LogP contribution in [0.25, 0.3) is 33.4 Å². The van der Waals surface area contributed by atoms with E-state index in [4.69, 9.17) is 14.2 Å². The minimum atomic E-state index is -5.32. The lowest BCUT2D eigenvalue weighted by Gasteiger charge is -2.24. The molecule has 1 atom stereocenters. The molecule has 0 N–H and O–H groups in total. The molecule has 4 aromatic carbocycles. The van der Waals surface area contributed by atoms with Crippen molar-refractivity contribution in [3.05, 3.63) is 82.9 Å². The first-order chi connectivity index (χ1) is 22.5. The SMILES string of the molecule is COc1c(-c2cc(C(F)(F)F)cc(C(F)(F)F)c2)cc(-c2cc(C(F)(F)F)cc(C(F)(F)F)c2)c(OC)c1-c1cccc2c1[P@@](C)(=O)CO2. The van der Waals surface area contributed by atoms with Crippen molar-refractivity contribution in [3.8, 4) is 50.6 Å². The molecule has 4 nitrogen and oxygen atoms in total. The lowest BCUT2D eigenvalue weighted by Crippen LogP contribution is -2.12. The molecule has 4 aromatic rings. The first-order valence-corrected chi connectivity index (χ1v) is 16.0. The normalized spacial score (nSPS) is 16.7. The number of ether oxygens (including phenoxy) is 3. The van der Waals surface area contributed by atoms with E-state index in [0.717, 1.165) is 20.3 Å². The molecule has 1 aliphatic heterocycles. The van der Waals surface area contributed by atoms with E-state index in [9.17, 15) is 57.3 Å². The fourth-order valence-corrected chi connectivity index (χ4v) is 7.37. The molecule has 0 spiro atoms. The van der Waals surface area contributed by atoms with Gasteiger partial charge in [0.25, 0.3) is 0 Å². The summed E-state index contributed by atoms with van der Waals surface area (Å²) in [6.45, 7) is 1.32. The molecule has 0 bridgehead atoms. The molecule has 1 aliphatic rings. The molecule has 5 rings (SSSR count). The average molecular weight is 728 g/mol. The van der Waals surface area contributed by atoms with Crippen LogP contribution in [0.2, 0.25) is 0 Å². The second-order valence-corrected chi connectivity index (χ2v) is 13.9. The second kappa shape index (κ2) is 11.9. The molecule has 0 saturated carbocycles. The van der Waals surface area contributed by atoms with Gasteiger partial charge in [0.05, 0.1) is 47.3 Å². The number of methoxy groups -OCH3 is 2. The van der Waals surface area contributed by atoms with E-state index in [1.165, 1.54) is 24.9 Å². The average Bonchev–Trinajstić information content (AvgIpc) is 3.32. The van der Waals surface area contributed by atoms with Gasteiger partial charge in [-0.2, -0.15) is 52.7 Å². The highest BCUT2D eigenvalue weighted by molar-refractivity contribution is 7.71. The lowest BCUT2D eigenvalue weighted by atomic mass is 9.88. The fourth-order valence-electron chi connectivity index (χ4n) is 5.55. The maximum Gasteiger partial charge on any atom is 0.416 e. The first-order valence-electron chi connectivity index (χ1n) is 13.7. The molecule has 0 aliphatic carbocycles. The van der Waals surface area contributed by atoms with Gasteiger partial charge in [0, 0.05) is 16.7 Å². The van der Waals surface area contributed by atoms with Gasteiger partial charge in [-0.05, 0) is 66.3 Å². The molecule has 1 heterocycles. The topological polar surface area (TPSA) is 44.8 Å². The summed E-state index contributed by atoms with van der Waals surface area (Å²) in [5.41, 5.74) is -10.3. The van der Waals surface area contributed by atoms with Crippen molar-refractivity contribution < 1.29 is 71.5 Å². The van der Waals surface area contributed by atoms with Crippen molar-refractivity contribution in [2.24, 2.45) is 0 Å². The van der Waals surface area contributed by atoms with Crippen LogP contribution in [0.1, 0.15) is 22.3 Å². The summed E-state index contributed by atoms with van der Waals surface area (Å²) in [6.07, 6.45) is -21.6. The van der Waals surface area contributed by atoms with Crippen molar-refractivity contribution in [2.75, 3.05) is 27.2 Å². The summed E-state index contributed by atoms with van der Waals surface area (Å²) in [4.78, 5) is 0. The number of fused-ring (bicyclic) bond motifs is 1. The van der Waals surface area contributed by atoms with Crippen molar-refractivity contribution >= 4 is 12.4 Å². The van der Waals surface area contributed by atoms with Gasteiger partial charge in [-0.15, -0.1) is 0 Å². The highest BCUT2D eigenvalue weighted by atomic mass is 31.2. The Labute approximate surface area is 269 Å². The summed E-state index contributed by atoms with van der Waals surface area (Å²) < 4.78 is 197. The summed E-state index contributed by atoms with van der Waals surface area (Å²) in [6, 6.07) is 5.87. The number of benzene rings is 4. The predicted molar refractivity (Wildman–Crippen MR) is 155 cm³/mol. The van der Waals surface area contributed by atoms with Crippen LogP contribution in [0.15, 0.2) is 60.7 Å². The molecule has 0 aromatic heterocycles. The minimum absolute atomic E-state index is 0.0229. The molecule has 49 heavy (non-hydrogen) atoms. The summed E-state index contributed by atoms with van der Waals surface area (Å²) in [5.74, 6) is -0.913. The first kappa shape index (κ1) is 36.0. The molecule has 0 unspecified atom stereocenters. The van der Waals surface area contributed by atoms with Crippen molar-refractivity contribution in [2.45, 2.75) is 24.7 Å². The van der Waals surface area contributed by atoms with E-state index in [1.54, 1.807) is 0 Å². The Morgan fingerprint density at radius 1 is 0.592 bits per heavy atom. The largest absolute Gasteiger partial charge is 0.495 e. The van der Waals surface area contributed by atoms with E-state index in [1.807, 2.05) is 0 Å². The number of rotatable bonds is 5. The van der Waals surface area contributed by atoms with Crippen LogP contribution < -0.4 is 19.5 Å². The molecule has 0 radical (unpaired) electrons. The van der Waals surface area contributed by atoms with Crippen molar-refractivity contribution in [3.63, 3.8) is 0 Å². The van der Waals surface area contributed by atoms with Crippen LogP contribution in [-0.2, 0) is 29.3 Å². The quantitative estimate of drug-likeness (QED) is 0.152. The second-order valence-electron chi connectivity index (χ2n) is 11.0. The maximum absolute atomic E-state index is 13.9. The molecular weight excluding hydrogens is 707 g/mol. The third-order valence-corrected chi connectivity index (χ3v) is 9.67.